The first kappa shape index (κ1) is 13.5. The van der Waals surface area contributed by atoms with Crippen LogP contribution < -0.4 is 5.32 Å². The maximum absolute atomic E-state index is 12.3. The molecule has 2 fully saturated rings. The maximum atomic E-state index is 12.3. The van der Waals surface area contributed by atoms with E-state index in [0.717, 1.165) is 18.1 Å². The van der Waals surface area contributed by atoms with Gasteiger partial charge in [-0.2, -0.15) is 0 Å². The van der Waals surface area contributed by atoms with E-state index in [1.54, 1.807) is 0 Å². The van der Waals surface area contributed by atoms with Crippen LogP contribution in [0.3, 0.4) is 0 Å². The van der Waals surface area contributed by atoms with Crippen molar-refractivity contribution >= 4 is 10.8 Å². The van der Waals surface area contributed by atoms with E-state index in [0.29, 0.717) is 22.7 Å². The molecule has 1 saturated carbocycles. The van der Waals surface area contributed by atoms with Crippen molar-refractivity contribution in [2.45, 2.75) is 70.7 Å². The Morgan fingerprint density at radius 2 is 2.06 bits per heavy atom. The molecular weight excluding hydrogens is 230 g/mol. The Bertz CT molecular complexity index is 303. The van der Waals surface area contributed by atoms with Crippen LogP contribution in [0.25, 0.3) is 0 Å². The van der Waals surface area contributed by atoms with Crippen LogP contribution in [0.2, 0.25) is 0 Å². The average molecular weight is 257 g/mol. The minimum atomic E-state index is -0.607. The van der Waals surface area contributed by atoms with Gasteiger partial charge in [0.15, 0.2) is 0 Å². The predicted octanol–water partition coefficient (Wildman–Crippen LogP) is 2.70. The smallest absolute Gasteiger partial charge is 0.0504 e. The van der Waals surface area contributed by atoms with Crippen molar-refractivity contribution in [3.63, 3.8) is 0 Å². The van der Waals surface area contributed by atoms with E-state index >= 15 is 0 Å². The third-order valence-electron chi connectivity index (χ3n) is 5.06. The third-order valence-corrected chi connectivity index (χ3v) is 7.08. The second kappa shape index (κ2) is 5.00. The van der Waals surface area contributed by atoms with E-state index in [1.807, 2.05) is 0 Å². The maximum Gasteiger partial charge on any atom is 0.0504 e. The molecule has 100 valence electrons. The van der Waals surface area contributed by atoms with Gasteiger partial charge in [0, 0.05) is 28.6 Å². The highest BCUT2D eigenvalue weighted by atomic mass is 32.2. The van der Waals surface area contributed by atoms with Crippen molar-refractivity contribution in [1.82, 2.24) is 5.32 Å². The lowest BCUT2D eigenvalue weighted by molar-refractivity contribution is 0.136. The lowest BCUT2D eigenvalue weighted by Gasteiger charge is -2.46. The summed E-state index contributed by atoms with van der Waals surface area (Å²) < 4.78 is 12.3. The second-order valence-corrected chi connectivity index (χ2v) is 8.31. The Balaban J connectivity index is 2.06. The van der Waals surface area contributed by atoms with Crippen LogP contribution in [0, 0.1) is 11.3 Å². The number of fused-ring (bicyclic) bond motifs is 1. The van der Waals surface area contributed by atoms with Gasteiger partial charge in [0.1, 0.15) is 0 Å². The van der Waals surface area contributed by atoms with E-state index in [1.165, 1.54) is 19.3 Å². The van der Waals surface area contributed by atoms with E-state index in [-0.39, 0.29) is 0 Å². The summed E-state index contributed by atoms with van der Waals surface area (Å²) >= 11 is 0. The summed E-state index contributed by atoms with van der Waals surface area (Å²) in [6.07, 6.45) is 4.91. The van der Waals surface area contributed by atoms with Crippen LogP contribution >= 0.6 is 0 Å². The van der Waals surface area contributed by atoms with Crippen LogP contribution in [0.4, 0.5) is 0 Å². The van der Waals surface area contributed by atoms with E-state index in [4.69, 9.17) is 0 Å². The van der Waals surface area contributed by atoms with Gasteiger partial charge in [-0.15, -0.1) is 0 Å². The van der Waals surface area contributed by atoms with Gasteiger partial charge in [0.05, 0.1) is 5.25 Å². The molecule has 0 amide bonds. The Labute approximate surface area is 108 Å². The van der Waals surface area contributed by atoms with Gasteiger partial charge in [0.25, 0.3) is 0 Å². The summed E-state index contributed by atoms with van der Waals surface area (Å²) in [6, 6.07) is 0.955. The predicted molar refractivity (Wildman–Crippen MR) is 74.6 cm³/mol. The third kappa shape index (κ3) is 2.76. The molecular formula is C14H27NOS. The summed E-state index contributed by atoms with van der Waals surface area (Å²) in [5.41, 5.74) is 0.415. The van der Waals surface area contributed by atoms with Crippen molar-refractivity contribution in [1.29, 1.82) is 0 Å². The van der Waals surface area contributed by atoms with Gasteiger partial charge in [-0.1, -0.05) is 27.2 Å². The van der Waals surface area contributed by atoms with E-state index in [9.17, 15) is 4.21 Å². The molecule has 1 heterocycles. The molecule has 2 rings (SSSR count). The highest BCUT2D eigenvalue weighted by Gasteiger charge is 2.42. The summed E-state index contributed by atoms with van der Waals surface area (Å²) in [6.45, 7) is 9.19. The van der Waals surface area contributed by atoms with Crippen molar-refractivity contribution in [3.8, 4) is 0 Å². The molecule has 5 unspecified atom stereocenters. The fourth-order valence-corrected chi connectivity index (χ4v) is 5.26. The normalized spacial score (nSPS) is 43.2. The molecule has 0 bridgehead atoms. The summed E-state index contributed by atoms with van der Waals surface area (Å²) in [5.74, 6) is 1.60. The molecule has 0 radical (unpaired) electrons. The SMILES string of the molecule is CCC(C)(C)C1CCC2NC(C)CS(=O)C2C1. The van der Waals surface area contributed by atoms with Crippen LogP contribution in [-0.4, -0.2) is 27.3 Å². The zero-order chi connectivity index (χ0) is 12.6. The Morgan fingerprint density at radius 3 is 2.71 bits per heavy atom. The first-order valence-electron chi connectivity index (χ1n) is 7.07. The topological polar surface area (TPSA) is 29.1 Å². The summed E-state index contributed by atoms with van der Waals surface area (Å²) in [4.78, 5) is 0. The molecule has 17 heavy (non-hydrogen) atoms. The molecule has 1 aliphatic heterocycles. The largest absolute Gasteiger partial charge is 0.309 e. The molecule has 1 N–H and O–H groups in total. The first-order valence-corrected chi connectivity index (χ1v) is 8.45. The van der Waals surface area contributed by atoms with Crippen LogP contribution in [0.5, 0.6) is 0 Å². The molecule has 2 aliphatic rings. The van der Waals surface area contributed by atoms with Gasteiger partial charge in [-0.05, 0) is 37.5 Å². The first-order chi connectivity index (χ1) is 7.94. The van der Waals surface area contributed by atoms with Gasteiger partial charge >= 0.3 is 0 Å². The quantitative estimate of drug-likeness (QED) is 0.824. The highest BCUT2D eigenvalue weighted by Crippen LogP contribution is 2.42. The molecule has 5 atom stereocenters. The van der Waals surface area contributed by atoms with Crippen LogP contribution in [-0.2, 0) is 10.8 Å². The van der Waals surface area contributed by atoms with Crippen molar-refractivity contribution < 1.29 is 4.21 Å². The molecule has 0 aromatic rings. The number of rotatable bonds is 2. The van der Waals surface area contributed by atoms with Crippen molar-refractivity contribution in [2.75, 3.05) is 5.75 Å². The minimum absolute atomic E-state index is 0.413. The monoisotopic (exact) mass is 257 g/mol. The Morgan fingerprint density at radius 1 is 1.35 bits per heavy atom. The second-order valence-electron chi connectivity index (χ2n) is 6.61. The Hall–Kier alpha value is 0.110. The number of nitrogens with one attached hydrogen (secondary N) is 1. The van der Waals surface area contributed by atoms with Gasteiger partial charge in [-0.3, -0.25) is 4.21 Å². The van der Waals surface area contributed by atoms with E-state index < -0.39 is 10.8 Å². The molecule has 1 aliphatic carbocycles. The van der Waals surface area contributed by atoms with E-state index in [2.05, 4.69) is 33.0 Å². The fraction of sp³-hybridized carbons (Fsp3) is 1.00. The minimum Gasteiger partial charge on any atom is -0.309 e. The Kier molecular flexibility index (Phi) is 3.99. The van der Waals surface area contributed by atoms with Crippen molar-refractivity contribution in [3.05, 3.63) is 0 Å². The fourth-order valence-electron chi connectivity index (χ4n) is 3.39. The molecule has 1 saturated heterocycles. The summed E-state index contributed by atoms with van der Waals surface area (Å²) in [5, 5.41) is 4.06. The zero-order valence-electron chi connectivity index (χ0n) is 11.7. The standard InChI is InChI=1S/C14H27NOS/c1-5-14(3,4)11-6-7-12-13(8-11)17(16)9-10(2)15-12/h10-13,15H,5-9H2,1-4H3. The highest BCUT2D eigenvalue weighted by molar-refractivity contribution is 7.85. The lowest BCUT2D eigenvalue weighted by atomic mass is 9.68. The van der Waals surface area contributed by atoms with Gasteiger partial charge in [0.2, 0.25) is 0 Å². The number of hydrogen-bond acceptors (Lipinski definition) is 2. The number of hydrogen-bond donors (Lipinski definition) is 1. The van der Waals surface area contributed by atoms with Crippen LogP contribution in [0.15, 0.2) is 0 Å². The summed E-state index contributed by atoms with van der Waals surface area (Å²) in [7, 11) is -0.607. The van der Waals surface area contributed by atoms with Crippen LogP contribution in [0.1, 0.15) is 53.4 Å². The van der Waals surface area contributed by atoms with Crippen molar-refractivity contribution in [2.24, 2.45) is 11.3 Å². The van der Waals surface area contributed by atoms with Gasteiger partial charge in [-0.25, -0.2) is 0 Å². The molecule has 0 aromatic heterocycles. The lowest BCUT2D eigenvalue weighted by Crippen LogP contribution is -2.57. The average Bonchev–Trinajstić information content (AvgIpc) is 2.28. The molecule has 3 heteroatoms. The molecule has 0 spiro atoms. The zero-order valence-corrected chi connectivity index (χ0v) is 12.5. The molecule has 2 nitrogen and oxygen atoms in total. The van der Waals surface area contributed by atoms with Gasteiger partial charge < -0.3 is 5.32 Å². The molecule has 0 aromatic carbocycles.